The standard InChI is InChI=1S/C11H20N2S2/c1-9(2)12-7-13(11(14)15-8-12)10-5-3-4-6-10/h9-10H,3-8H2,1-2H3. The van der Waals surface area contributed by atoms with Crippen LogP contribution in [0.25, 0.3) is 0 Å². The minimum absolute atomic E-state index is 0.629. The molecule has 4 heteroatoms. The molecule has 0 N–H and O–H groups in total. The highest BCUT2D eigenvalue weighted by atomic mass is 32.2. The average molecular weight is 244 g/mol. The van der Waals surface area contributed by atoms with Crippen molar-refractivity contribution in [2.24, 2.45) is 0 Å². The van der Waals surface area contributed by atoms with Gasteiger partial charge in [-0.2, -0.15) is 0 Å². The second kappa shape index (κ2) is 5.02. The molecule has 2 fully saturated rings. The van der Waals surface area contributed by atoms with Gasteiger partial charge in [-0.05, 0) is 26.7 Å². The van der Waals surface area contributed by atoms with Gasteiger partial charge in [0, 0.05) is 12.1 Å². The first-order valence-electron chi connectivity index (χ1n) is 5.86. The van der Waals surface area contributed by atoms with Gasteiger partial charge in [0.2, 0.25) is 0 Å². The van der Waals surface area contributed by atoms with Gasteiger partial charge in [0.25, 0.3) is 0 Å². The van der Waals surface area contributed by atoms with Gasteiger partial charge < -0.3 is 4.90 Å². The Morgan fingerprint density at radius 1 is 1.33 bits per heavy atom. The van der Waals surface area contributed by atoms with Crippen molar-refractivity contribution in [3.63, 3.8) is 0 Å². The zero-order valence-electron chi connectivity index (χ0n) is 9.61. The first-order valence-corrected chi connectivity index (χ1v) is 7.25. The number of hydrogen-bond acceptors (Lipinski definition) is 3. The number of nitrogens with zero attached hydrogens (tertiary/aromatic N) is 2. The lowest BCUT2D eigenvalue weighted by Crippen LogP contribution is -2.50. The Morgan fingerprint density at radius 2 is 2.00 bits per heavy atom. The minimum atomic E-state index is 0.629. The molecule has 0 radical (unpaired) electrons. The quantitative estimate of drug-likeness (QED) is 0.689. The smallest absolute Gasteiger partial charge is 0.138 e. The Labute approximate surface area is 102 Å². The van der Waals surface area contributed by atoms with E-state index < -0.39 is 0 Å². The van der Waals surface area contributed by atoms with Crippen molar-refractivity contribution in [2.75, 3.05) is 12.5 Å². The summed E-state index contributed by atoms with van der Waals surface area (Å²) in [5.74, 6) is 1.07. The highest BCUT2D eigenvalue weighted by molar-refractivity contribution is 8.22. The van der Waals surface area contributed by atoms with E-state index in [0.29, 0.717) is 6.04 Å². The molecule has 0 aromatic rings. The third-order valence-corrected chi connectivity index (χ3v) is 4.95. The van der Waals surface area contributed by atoms with Gasteiger partial charge in [-0.3, -0.25) is 4.90 Å². The summed E-state index contributed by atoms with van der Waals surface area (Å²) in [7, 11) is 0. The molecule has 0 amide bonds. The number of thioether (sulfide) groups is 1. The fourth-order valence-corrected chi connectivity index (χ4v) is 3.70. The fourth-order valence-electron chi connectivity index (χ4n) is 2.31. The van der Waals surface area contributed by atoms with Crippen molar-refractivity contribution < 1.29 is 0 Å². The molecule has 1 saturated carbocycles. The average Bonchev–Trinajstić information content (AvgIpc) is 2.71. The highest BCUT2D eigenvalue weighted by Gasteiger charge is 2.30. The molecule has 1 saturated heterocycles. The maximum atomic E-state index is 5.47. The number of hydrogen-bond donors (Lipinski definition) is 0. The van der Waals surface area contributed by atoms with Crippen LogP contribution in [0.15, 0.2) is 0 Å². The van der Waals surface area contributed by atoms with Crippen LogP contribution in [0.5, 0.6) is 0 Å². The van der Waals surface area contributed by atoms with Gasteiger partial charge in [0.05, 0.1) is 12.5 Å². The second-order valence-electron chi connectivity index (χ2n) is 4.77. The second-order valence-corrected chi connectivity index (χ2v) is 6.35. The Bertz CT molecular complexity index is 237. The SMILES string of the molecule is CC(C)N1CSC(=S)N(C2CCCC2)C1. The van der Waals surface area contributed by atoms with E-state index in [1.165, 1.54) is 25.7 Å². The van der Waals surface area contributed by atoms with Crippen LogP contribution in [-0.2, 0) is 0 Å². The third-order valence-electron chi connectivity index (χ3n) is 3.42. The topological polar surface area (TPSA) is 6.48 Å². The molecular weight excluding hydrogens is 224 g/mol. The monoisotopic (exact) mass is 244 g/mol. The maximum absolute atomic E-state index is 5.47. The molecule has 0 aromatic carbocycles. The van der Waals surface area contributed by atoms with Crippen molar-refractivity contribution in [3.8, 4) is 0 Å². The Kier molecular flexibility index (Phi) is 3.91. The first-order chi connectivity index (χ1) is 7.18. The predicted molar refractivity (Wildman–Crippen MR) is 71.0 cm³/mol. The van der Waals surface area contributed by atoms with Crippen molar-refractivity contribution >= 4 is 28.3 Å². The summed E-state index contributed by atoms with van der Waals surface area (Å²) < 4.78 is 1.12. The minimum Gasteiger partial charge on any atom is -0.341 e. The largest absolute Gasteiger partial charge is 0.341 e. The molecule has 0 unspecified atom stereocenters. The third kappa shape index (κ3) is 2.66. The molecule has 0 spiro atoms. The van der Waals surface area contributed by atoms with Crippen molar-refractivity contribution in [2.45, 2.75) is 51.6 Å². The zero-order valence-corrected chi connectivity index (χ0v) is 11.2. The van der Waals surface area contributed by atoms with E-state index in [2.05, 4.69) is 23.6 Å². The Balaban J connectivity index is 1.98. The lowest BCUT2D eigenvalue weighted by molar-refractivity contribution is 0.147. The molecule has 0 bridgehead atoms. The summed E-state index contributed by atoms with van der Waals surface area (Å²) in [4.78, 5) is 4.95. The van der Waals surface area contributed by atoms with Gasteiger partial charge >= 0.3 is 0 Å². The van der Waals surface area contributed by atoms with E-state index in [0.717, 1.165) is 22.9 Å². The molecule has 0 aromatic heterocycles. The van der Waals surface area contributed by atoms with E-state index in [9.17, 15) is 0 Å². The fraction of sp³-hybridized carbons (Fsp3) is 0.909. The van der Waals surface area contributed by atoms with E-state index in [4.69, 9.17) is 12.2 Å². The lowest BCUT2D eigenvalue weighted by atomic mass is 10.2. The van der Waals surface area contributed by atoms with Crippen LogP contribution in [0, 0.1) is 0 Å². The normalized spacial score (nSPS) is 25.5. The van der Waals surface area contributed by atoms with Gasteiger partial charge in [-0.1, -0.05) is 36.8 Å². The summed E-state index contributed by atoms with van der Waals surface area (Å²) in [6.07, 6.45) is 5.45. The van der Waals surface area contributed by atoms with E-state index >= 15 is 0 Å². The molecule has 1 aliphatic carbocycles. The highest BCUT2D eigenvalue weighted by Crippen LogP contribution is 2.29. The van der Waals surface area contributed by atoms with Crippen molar-refractivity contribution in [1.82, 2.24) is 9.80 Å². The lowest BCUT2D eigenvalue weighted by Gasteiger charge is -2.41. The number of rotatable bonds is 2. The molecule has 0 atom stereocenters. The van der Waals surface area contributed by atoms with Crippen LogP contribution < -0.4 is 0 Å². The van der Waals surface area contributed by atoms with Gasteiger partial charge in [-0.15, -0.1) is 0 Å². The Hall–Kier alpha value is 0.200. The molecule has 2 nitrogen and oxygen atoms in total. The predicted octanol–water partition coefficient (Wildman–Crippen LogP) is 2.89. The molecule has 1 heterocycles. The molecule has 86 valence electrons. The van der Waals surface area contributed by atoms with Crippen LogP contribution in [0.4, 0.5) is 0 Å². The molecule has 15 heavy (non-hydrogen) atoms. The molecular formula is C11H20N2S2. The van der Waals surface area contributed by atoms with Gasteiger partial charge in [-0.25, -0.2) is 0 Å². The Morgan fingerprint density at radius 3 is 2.60 bits per heavy atom. The molecule has 2 rings (SSSR count). The molecule has 2 aliphatic rings. The van der Waals surface area contributed by atoms with Crippen molar-refractivity contribution in [3.05, 3.63) is 0 Å². The summed E-state index contributed by atoms with van der Waals surface area (Å²) in [5, 5.41) is 0. The van der Waals surface area contributed by atoms with E-state index in [1.54, 1.807) is 0 Å². The van der Waals surface area contributed by atoms with Crippen molar-refractivity contribution in [1.29, 1.82) is 0 Å². The number of thiocarbonyl (C=S) groups is 1. The van der Waals surface area contributed by atoms with Crippen LogP contribution in [0.2, 0.25) is 0 Å². The summed E-state index contributed by atoms with van der Waals surface area (Å²) in [6.45, 7) is 5.58. The summed E-state index contributed by atoms with van der Waals surface area (Å²) in [6, 6.07) is 1.36. The molecule has 1 aliphatic heterocycles. The van der Waals surface area contributed by atoms with Crippen LogP contribution in [0.1, 0.15) is 39.5 Å². The first kappa shape index (κ1) is 11.7. The van der Waals surface area contributed by atoms with Crippen LogP contribution >= 0.6 is 24.0 Å². The zero-order chi connectivity index (χ0) is 10.8. The van der Waals surface area contributed by atoms with Crippen LogP contribution in [0.3, 0.4) is 0 Å². The maximum Gasteiger partial charge on any atom is 0.138 e. The summed E-state index contributed by atoms with van der Waals surface area (Å²) >= 11 is 7.30. The summed E-state index contributed by atoms with van der Waals surface area (Å²) in [5.41, 5.74) is 0. The van der Waals surface area contributed by atoms with E-state index in [1.807, 2.05) is 11.8 Å². The van der Waals surface area contributed by atoms with Crippen LogP contribution in [-0.4, -0.2) is 38.7 Å². The van der Waals surface area contributed by atoms with Gasteiger partial charge in [0.1, 0.15) is 4.32 Å². The van der Waals surface area contributed by atoms with Gasteiger partial charge in [0.15, 0.2) is 0 Å². The van der Waals surface area contributed by atoms with E-state index in [-0.39, 0.29) is 0 Å².